The van der Waals surface area contributed by atoms with Crippen molar-refractivity contribution in [3.8, 4) is 5.75 Å². The van der Waals surface area contributed by atoms with Crippen LogP contribution >= 0.6 is 15.9 Å². The van der Waals surface area contributed by atoms with Gasteiger partial charge in [0.1, 0.15) is 5.75 Å². The van der Waals surface area contributed by atoms with Gasteiger partial charge in [-0.25, -0.2) is 0 Å². The number of carbonyl (C=O) groups excluding carboxylic acids is 1. The first kappa shape index (κ1) is 13.4. The molecule has 4 nitrogen and oxygen atoms in total. The number of hydrogen-bond acceptors (Lipinski definition) is 3. The molecular weight excluding hydrogens is 308 g/mol. The molecule has 0 radical (unpaired) electrons. The number of nitrogen functional groups attached to an aromatic ring is 1. The van der Waals surface area contributed by atoms with Crippen molar-refractivity contribution in [3.63, 3.8) is 0 Å². The molecule has 0 aliphatic carbocycles. The molecule has 19 heavy (non-hydrogen) atoms. The van der Waals surface area contributed by atoms with Gasteiger partial charge in [-0.2, -0.15) is 0 Å². The SMILES string of the molecule is Nc1ccc(O)cc1CC(=O)Nc1ccc(Br)cc1. The predicted octanol–water partition coefficient (Wildman–Crippen LogP) is 2.92. The van der Waals surface area contributed by atoms with E-state index in [1.807, 2.05) is 12.1 Å². The van der Waals surface area contributed by atoms with E-state index >= 15 is 0 Å². The molecule has 0 aromatic heterocycles. The average Bonchev–Trinajstić information content (AvgIpc) is 2.37. The van der Waals surface area contributed by atoms with Gasteiger partial charge in [0.15, 0.2) is 0 Å². The van der Waals surface area contributed by atoms with E-state index in [1.54, 1.807) is 18.2 Å². The summed E-state index contributed by atoms with van der Waals surface area (Å²) in [6.45, 7) is 0. The summed E-state index contributed by atoms with van der Waals surface area (Å²) in [4.78, 5) is 11.9. The van der Waals surface area contributed by atoms with Gasteiger partial charge in [-0.3, -0.25) is 4.79 Å². The van der Waals surface area contributed by atoms with Crippen LogP contribution in [0.5, 0.6) is 5.75 Å². The molecule has 5 heteroatoms. The zero-order valence-electron chi connectivity index (χ0n) is 10.1. The van der Waals surface area contributed by atoms with E-state index in [9.17, 15) is 9.90 Å². The number of amides is 1. The third kappa shape index (κ3) is 3.72. The van der Waals surface area contributed by atoms with Crippen LogP contribution in [-0.2, 0) is 11.2 Å². The maximum Gasteiger partial charge on any atom is 0.228 e. The lowest BCUT2D eigenvalue weighted by atomic mass is 10.1. The first-order chi connectivity index (χ1) is 9.04. The number of aromatic hydroxyl groups is 1. The van der Waals surface area contributed by atoms with Crippen LogP contribution in [0.4, 0.5) is 11.4 Å². The normalized spacial score (nSPS) is 10.2. The molecule has 0 saturated carbocycles. The first-order valence-electron chi connectivity index (χ1n) is 5.67. The highest BCUT2D eigenvalue weighted by Gasteiger charge is 2.08. The number of phenols is 1. The molecule has 4 N–H and O–H groups in total. The topological polar surface area (TPSA) is 75.3 Å². The molecule has 0 saturated heterocycles. The summed E-state index contributed by atoms with van der Waals surface area (Å²) in [5, 5.41) is 12.1. The summed E-state index contributed by atoms with van der Waals surface area (Å²) in [5.74, 6) is -0.0831. The maximum absolute atomic E-state index is 11.9. The number of benzene rings is 2. The minimum Gasteiger partial charge on any atom is -0.508 e. The van der Waals surface area contributed by atoms with E-state index < -0.39 is 0 Å². The zero-order valence-corrected chi connectivity index (χ0v) is 11.6. The Morgan fingerprint density at radius 3 is 2.58 bits per heavy atom. The van der Waals surface area contributed by atoms with Gasteiger partial charge in [-0.05, 0) is 48.0 Å². The first-order valence-corrected chi connectivity index (χ1v) is 6.46. The number of rotatable bonds is 3. The van der Waals surface area contributed by atoms with Crippen LogP contribution in [0.3, 0.4) is 0 Å². The van der Waals surface area contributed by atoms with E-state index in [0.717, 1.165) is 4.47 Å². The van der Waals surface area contributed by atoms with Crippen LogP contribution in [0.15, 0.2) is 46.9 Å². The molecule has 2 aromatic carbocycles. The highest BCUT2D eigenvalue weighted by atomic mass is 79.9. The smallest absolute Gasteiger partial charge is 0.228 e. The summed E-state index contributed by atoms with van der Waals surface area (Å²) in [6, 6.07) is 11.9. The molecule has 0 aliphatic heterocycles. The van der Waals surface area contributed by atoms with E-state index in [-0.39, 0.29) is 18.1 Å². The number of nitrogens with two attached hydrogens (primary N) is 1. The lowest BCUT2D eigenvalue weighted by Gasteiger charge is -2.08. The summed E-state index contributed by atoms with van der Waals surface area (Å²) < 4.78 is 0.947. The van der Waals surface area contributed by atoms with Crippen molar-refractivity contribution in [3.05, 3.63) is 52.5 Å². The summed E-state index contributed by atoms with van der Waals surface area (Å²) in [7, 11) is 0. The Morgan fingerprint density at radius 2 is 1.89 bits per heavy atom. The molecule has 2 rings (SSSR count). The number of nitrogens with one attached hydrogen (secondary N) is 1. The van der Waals surface area contributed by atoms with Crippen molar-refractivity contribution < 1.29 is 9.90 Å². The van der Waals surface area contributed by atoms with Gasteiger partial charge >= 0.3 is 0 Å². The number of hydrogen-bond donors (Lipinski definition) is 3. The maximum atomic E-state index is 11.9. The van der Waals surface area contributed by atoms with E-state index in [2.05, 4.69) is 21.2 Å². The lowest BCUT2D eigenvalue weighted by Crippen LogP contribution is -2.15. The van der Waals surface area contributed by atoms with Gasteiger partial charge < -0.3 is 16.2 Å². The van der Waals surface area contributed by atoms with Gasteiger partial charge in [-0.15, -0.1) is 0 Å². The van der Waals surface area contributed by atoms with Crippen LogP contribution in [-0.4, -0.2) is 11.0 Å². The van der Waals surface area contributed by atoms with Gasteiger partial charge in [-0.1, -0.05) is 15.9 Å². The van der Waals surface area contributed by atoms with Crippen molar-refractivity contribution in [2.45, 2.75) is 6.42 Å². The van der Waals surface area contributed by atoms with Crippen LogP contribution in [0.2, 0.25) is 0 Å². The minimum atomic E-state index is -0.181. The second-order valence-electron chi connectivity index (χ2n) is 4.11. The molecule has 1 amide bonds. The van der Waals surface area contributed by atoms with Crippen molar-refractivity contribution in [2.75, 3.05) is 11.1 Å². The summed E-state index contributed by atoms with van der Waals surface area (Å²) in [5.41, 5.74) is 7.56. The highest BCUT2D eigenvalue weighted by Crippen LogP contribution is 2.20. The van der Waals surface area contributed by atoms with Gasteiger partial charge in [0, 0.05) is 15.8 Å². The second-order valence-corrected chi connectivity index (χ2v) is 5.03. The van der Waals surface area contributed by atoms with Crippen LogP contribution in [0.1, 0.15) is 5.56 Å². The largest absolute Gasteiger partial charge is 0.508 e. The Hall–Kier alpha value is -2.01. The number of anilines is 2. The standard InChI is InChI=1S/C14H13BrN2O2/c15-10-1-3-11(4-2-10)17-14(19)8-9-7-12(18)5-6-13(9)16/h1-7,18H,8,16H2,(H,17,19). The van der Waals surface area contributed by atoms with E-state index in [4.69, 9.17) is 5.73 Å². The van der Waals surface area contributed by atoms with Crippen molar-refractivity contribution >= 4 is 33.2 Å². The van der Waals surface area contributed by atoms with Crippen molar-refractivity contribution in [1.82, 2.24) is 0 Å². The average molecular weight is 321 g/mol. The molecule has 0 atom stereocenters. The third-order valence-corrected chi connectivity index (χ3v) is 3.13. The Kier molecular flexibility index (Phi) is 4.06. The van der Waals surface area contributed by atoms with Crippen molar-refractivity contribution in [2.24, 2.45) is 0 Å². The van der Waals surface area contributed by atoms with Gasteiger partial charge in [0.2, 0.25) is 5.91 Å². The third-order valence-electron chi connectivity index (χ3n) is 2.61. The monoisotopic (exact) mass is 320 g/mol. The zero-order chi connectivity index (χ0) is 13.8. The van der Waals surface area contributed by atoms with Crippen LogP contribution in [0.25, 0.3) is 0 Å². The predicted molar refractivity (Wildman–Crippen MR) is 79.0 cm³/mol. The van der Waals surface area contributed by atoms with Crippen LogP contribution < -0.4 is 11.1 Å². The fourth-order valence-corrected chi connectivity index (χ4v) is 1.92. The van der Waals surface area contributed by atoms with E-state index in [0.29, 0.717) is 16.9 Å². The Morgan fingerprint density at radius 1 is 1.21 bits per heavy atom. The molecule has 0 bridgehead atoms. The molecule has 0 fully saturated rings. The molecule has 98 valence electrons. The van der Waals surface area contributed by atoms with Gasteiger partial charge in [0.05, 0.1) is 6.42 Å². The number of carbonyl (C=O) groups is 1. The number of halogens is 1. The summed E-state index contributed by atoms with van der Waals surface area (Å²) >= 11 is 3.33. The Bertz CT molecular complexity index is 597. The highest BCUT2D eigenvalue weighted by molar-refractivity contribution is 9.10. The molecular formula is C14H13BrN2O2. The second kappa shape index (κ2) is 5.75. The number of phenolic OH excluding ortho intramolecular Hbond substituents is 1. The molecule has 0 aliphatic rings. The van der Waals surface area contributed by atoms with E-state index in [1.165, 1.54) is 12.1 Å². The Balaban J connectivity index is 2.05. The molecule has 0 spiro atoms. The fourth-order valence-electron chi connectivity index (χ4n) is 1.66. The van der Waals surface area contributed by atoms with Crippen molar-refractivity contribution in [1.29, 1.82) is 0 Å². The fraction of sp³-hybridized carbons (Fsp3) is 0.0714. The van der Waals surface area contributed by atoms with Gasteiger partial charge in [0.25, 0.3) is 0 Å². The molecule has 0 unspecified atom stereocenters. The quantitative estimate of drug-likeness (QED) is 0.601. The lowest BCUT2D eigenvalue weighted by molar-refractivity contribution is -0.115. The molecule has 0 heterocycles. The molecule has 2 aromatic rings. The minimum absolute atomic E-state index is 0.0978. The Labute approximate surface area is 119 Å². The van der Waals surface area contributed by atoms with Crippen LogP contribution in [0, 0.1) is 0 Å². The summed E-state index contributed by atoms with van der Waals surface area (Å²) in [6.07, 6.45) is 0.121.